The molecule has 0 saturated heterocycles. The maximum atomic E-state index is 5.89. The normalized spacial score (nSPS) is 12.2. The highest BCUT2D eigenvalue weighted by Gasteiger charge is 2.07. The zero-order chi connectivity index (χ0) is 15.2. The van der Waals surface area contributed by atoms with Crippen molar-refractivity contribution in [1.82, 2.24) is 10.3 Å². The van der Waals surface area contributed by atoms with Crippen LogP contribution in [0, 0.1) is 6.92 Å². The average Bonchev–Trinajstić information content (AvgIpc) is 2.46. The number of benzene rings is 1. The molecular formula is C17H21BrN2O. The standard InChI is InChI=1S/C17H21BrN2O/c1-4-20-13(3)15-5-6-17(12(2)7-15)21-11-14-8-16(18)10-19-9-14/h5-10,13,20H,4,11H2,1-3H3. The Hall–Kier alpha value is -1.39. The number of hydrogen-bond acceptors (Lipinski definition) is 3. The molecule has 2 rings (SSSR count). The quantitative estimate of drug-likeness (QED) is 0.839. The summed E-state index contributed by atoms with van der Waals surface area (Å²) in [5.74, 6) is 0.919. The molecule has 0 spiro atoms. The summed E-state index contributed by atoms with van der Waals surface area (Å²) in [5.41, 5.74) is 3.49. The molecule has 0 amide bonds. The van der Waals surface area contributed by atoms with Gasteiger partial charge in [-0.1, -0.05) is 19.1 Å². The molecule has 0 aliphatic heterocycles. The van der Waals surface area contributed by atoms with E-state index in [0.29, 0.717) is 12.6 Å². The van der Waals surface area contributed by atoms with E-state index in [1.165, 1.54) is 5.56 Å². The first-order valence-corrected chi connectivity index (χ1v) is 7.95. The summed E-state index contributed by atoms with van der Waals surface area (Å²) in [6.45, 7) is 7.86. The summed E-state index contributed by atoms with van der Waals surface area (Å²) in [6.07, 6.45) is 3.59. The van der Waals surface area contributed by atoms with Crippen LogP contribution in [0.25, 0.3) is 0 Å². The lowest BCUT2D eigenvalue weighted by atomic mass is 10.1. The van der Waals surface area contributed by atoms with Gasteiger partial charge in [-0.2, -0.15) is 0 Å². The molecule has 21 heavy (non-hydrogen) atoms. The molecular weight excluding hydrogens is 328 g/mol. The Morgan fingerprint density at radius 1 is 1.29 bits per heavy atom. The van der Waals surface area contributed by atoms with Crippen LogP contribution in [0.15, 0.2) is 41.1 Å². The second kappa shape index (κ2) is 7.57. The summed E-state index contributed by atoms with van der Waals surface area (Å²) in [5, 5.41) is 3.42. The molecule has 0 aliphatic rings. The number of hydrogen-bond donors (Lipinski definition) is 1. The number of nitrogens with one attached hydrogen (secondary N) is 1. The maximum absolute atomic E-state index is 5.89. The first kappa shape index (κ1) is 16.0. The van der Waals surface area contributed by atoms with Gasteiger partial charge >= 0.3 is 0 Å². The minimum Gasteiger partial charge on any atom is -0.489 e. The van der Waals surface area contributed by atoms with E-state index in [-0.39, 0.29) is 0 Å². The van der Waals surface area contributed by atoms with E-state index in [4.69, 9.17) is 4.74 Å². The molecule has 0 bridgehead atoms. The van der Waals surface area contributed by atoms with Crippen LogP contribution in [0.1, 0.15) is 36.6 Å². The fraction of sp³-hybridized carbons (Fsp3) is 0.353. The Morgan fingerprint density at radius 3 is 2.76 bits per heavy atom. The van der Waals surface area contributed by atoms with Crippen molar-refractivity contribution in [2.45, 2.75) is 33.4 Å². The molecule has 0 radical (unpaired) electrons. The number of ether oxygens (including phenoxy) is 1. The summed E-state index contributed by atoms with van der Waals surface area (Å²) in [7, 11) is 0. The van der Waals surface area contributed by atoms with Gasteiger partial charge in [0.2, 0.25) is 0 Å². The first-order chi connectivity index (χ1) is 10.1. The molecule has 1 heterocycles. The molecule has 1 aromatic carbocycles. The van der Waals surface area contributed by atoms with Gasteiger partial charge in [0.1, 0.15) is 12.4 Å². The lowest BCUT2D eigenvalue weighted by Gasteiger charge is -2.15. The Morgan fingerprint density at radius 2 is 2.10 bits per heavy atom. The molecule has 2 aromatic rings. The Balaban J connectivity index is 2.04. The predicted molar refractivity (Wildman–Crippen MR) is 89.5 cm³/mol. The Kier molecular flexibility index (Phi) is 5.76. The highest BCUT2D eigenvalue weighted by molar-refractivity contribution is 9.10. The average molecular weight is 349 g/mol. The van der Waals surface area contributed by atoms with Crippen LogP contribution >= 0.6 is 15.9 Å². The van der Waals surface area contributed by atoms with Crippen LogP contribution in [0.3, 0.4) is 0 Å². The van der Waals surface area contributed by atoms with Gasteiger partial charge in [-0.15, -0.1) is 0 Å². The molecule has 0 aliphatic carbocycles. The molecule has 1 unspecified atom stereocenters. The molecule has 3 nitrogen and oxygen atoms in total. The molecule has 1 atom stereocenters. The van der Waals surface area contributed by atoms with Crippen molar-refractivity contribution in [1.29, 1.82) is 0 Å². The molecule has 112 valence electrons. The molecule has 0 saturated carbocycles. The van der Waals surface area contributed by atoms with E-state index in [0.717, 1.165) is 27.9 Å². The van der Waals surface area contributed by atoms with Gasteiger partial charge in [0, 0.05) is 28.5 Å². The third kappa shape index (κ3) is 4.55. The number of nitrogens with zero attached hydrogens (tertiary/aromatic N) is 1. The lowest BCUT2D eigenvalue weighted by Crippen LogP contribution is -2.17. The Labute approximate surface area is 134 Å². The fourth-order valence-electron chi connectivity index (χ4n) is 2.22. The van der Waals surface area contributed by atoms with E-state index in [1.807, 2.05) is 18.3 Å². The van der Waals surface area contributed by atoms with E-state index >= 15 is 0 Å². The van der Waals surface area contributed by atoms with Crippen LogP contribution in [0.2, 0.25) is 0 Å². The lowest BCUT2D eigenvalue weighted by molar-refractivity contribution is 0.303. The van der Waals surface area contributed by atoms with Crippen molar-refractivity contribution in [2.75, 3.05) is 6.54 Å². The van der Waals surface area contributed by atoms with Crippen molar-refractivity contribution >= 4 is 15.9 Å². The zero-order valence-electron chi connectivity index (χ0n) is 12.7. The highest BCUT2D eigenvalue weighted by Crippen LogP contribution is 2.23. The third-order valence-electron chi connectivity index (χ3n) is 3.37. The van der Waals surface area contributed by atoms with Gasteiger partial charge in [-0.25, -0.2) is 0 Å². The Bertz CT molecular complexity index is 601. The molecule has 1 aromatic heterocycles. The number of halogens is 1. The van der Waals surface area contributed by atoms with Gasteiger partial charge in [-0.3, -0.25) is 4.98 Å². The molecule has 4 heteroatoms. The number of aromatic nitrogens is 1. The second-order valence-corrected chi connectivity index (χ2v) is 6.02. The molecule has 0 fully saturated rings. The smallest absolute Gasteiger partial charge is 0.122 e. The number of pyridine rings is 1. The second-order valence-electron chi connectivity index (χ2n) is 5.10. The highest BCUT2D eigenvalue weighted by atomic mass is 79.9. The van der Waals surface area contributed by atoms with Gasteiger partial charge in [0.05, 0.1) is 0 Å². The topological polar surface area (TPSA) is 34.1 Å². The maximum Gasteiger partial charge on any atom is 0.122 e. The summed E-state index contributed by atoms with van der Waals surface area (Å²) >= 11 is 3.42. The first-order valence-electron chi connectivity index (χ1n) is 7.16. The monoisotopic (exact) mass is 348 g/mol. The van der Waals surface area contributed by atoms with Gasteiger partial charge in [-0.05, 0) is 59.6 Å². The van der Waals surface area contributed by atoms with Crippen molar-refractivity contribution < 1.29 is 4.74 Å². The van der Waals surface area contributed by atoms with E-state index < -0.39 is 0 Å². The van der Waals surface area contributed by atoms with E-state index in [9.17, 15) is 0 Å². The summed E-state index contributed by atoms with van der Waals surface area (Å²) < 4.78 is 6.86. The van der Waals surface area contributed by atoms with Crippen LogP contribution < -0.4 is 10.1 Å². The van der Waals surface area contributed by atoms with Crippen LogP contribution in [-0.2, 0) is 6.61 Å². The molecule has 1 N–H and O–H groups in total. The van der Waals surface area contributed by atoms with Gasteiger partial charge in [0.25, 0.3) is 0 Å². The van der Waals surface area contributed by atoms with Gasteiger partial charge < -0.3 is 10.1 Å². The number of aryl methyl sites for hydroxylation is 1. The number of rotatable bonds is 6. The van der Waals surface area contributed by atoms with E-state index in [1.54, 1.807) is 6.20 Å². The SMILES string of the molecule is CCNC(C)c1ccc(OCc2cncc(Br)c2)c(C)c1. The minimum atomic E-state index is 0.358. The van der Waals surface area contributed by atoms with Crippen molar-refractivity contribution in [3.63, 3.8) is 0 Å². The van der Waals surface area contributed by atoms with Crippen LogP contribution in [0.5, 0.6) is 5.75 Å². The summed E-state index contributed by atoms with van der Waals surface area (Å²) in [4.78, 5) is 4.14. The third-order valence-corrected chi connectivity index (χ3v) is 3.80. The fourth-order valence-corrected chi connectivity index (χ4v) is 2.64. The van der Waals surface area contributed by atoms with Gasteiger partial charge in [0.15, 0.2) is 0 Å². The largest absolute Gasteiger partial charge is 0.489 e. The summed E-state index contributed by atoms with van der Waals surface area (Å²) in [6, 6.07) is 8.72. The minimum absolute atomic E-state index is 0.358. The van der Waals surface area contributed by atoms with Crippen LogP contribution in [0.4, 0.5) is 0 Å². The predicted octanol–water partition coefficient (Wildman–Crippen LogP) is 4.40. The van der Waals surface area contributed by atoms with Crippen LogP contribution in [-0.4, -0.2) is 11.5 Å². The van der Waals surface area contributed by atoms with Crippen molar-refractivity contribution in [3.8, 4) is 5.75 Å². The van der Waals surface area contributed by atoms with E-state index in [2.05, 4.69) is 59.1 Å². The zero-order valence-corrected chi connectivity index (χ0v) is 14.3. The van der Waals surface area contributed by atoms with Crippen molar-refractivity contribution in [3.05, 3.63) is 57.8 Å². The van der Waals surface area contributed by atoms with Crippen molar-refractivity contribution in [2.24, 2.45) is 0 Å².